The molecule has 0 aliphatic heterocycles. The van der Waals surface area contributed by atoms with E-state index in [0.717, 1.165) is 32.5 Å². The quantitative estimate of drug-likeness (QED) is 0.907. The Hall–Kier alpha value is -1.68. The van der Waals surface area contributed by atoms with Gasteiger partial charge in [0.1, 0.15) is 11.5 Å². The Bertz CT molecular complexity index is 534. The van der Waals surface area contributed by atoms with Gasteiger partial charge in [0, 0.05) is 10.4 Å². The highest BCUT2D eigenvalue weighted by Gasteiger charge is 2.12. The lowest BCUT2D eigenvalue weighted by Crippen LogP contribution is -1.92. The standard InChI is InChI=1S/C13H15NO2S/c1-8-6-11(16-3)9(7-10(8)15-2)12-4-5-13(14)17-12/h4-7H,14H2,1-3H3. The van der Waals surface area contributed by atoms with E-state index >= 15 is 0 Å². The van der Waals surface area contributed by atoms with Gasteiger partial charge < -0.3 is 15.2 Å². The number of hydrogen-bond donors (Lipinski definition) is 1. The van der Waals surface area contributed by atoms with Gasteiger partial charge in [-0.05, 0) is 36.8 Å². The number of benzene rings is 1. The van der Waals surface area contributed by atoms with Crippen LogP contribution in [0.15, 0.2) is 24.3 Å². The van der Waals surface area contributed by atoms with Crippen molar-refractivity contribution in [2.24, 2.45) is 0 Å². The van der Waals surface area contributed by atoms with Gasteiger partial charge in [0.2, 0.25) is 0 Å². The van der Waals surface area contributed by atoms with E-state index in [1.54, 1.807) is 14.2 Å². The summed E-state index contributed by atoms with van der Waals surface area (Å²) in [5, 5.41) is 0.793. The molecular weight excluding hydrogens is 234 g/mol. The van der Waals surface area contributed by atoms with Crippen molar-refractivity contribution in [3.05, 3.63) is 29.8 Å². The van der Waals surface area contributed by atoms with E-state index in [1.807, 2.05) is 31.2 Å². The zero-order valence-electron chi connectivity index (χ0n) is 10.1. The number of ether oxygens (including phenoxy) is 2. The Balaban J connectivity index is 2.58. The maximum atomic E-state index is 5.75. The molecule has 0 atom stereocenters. The summed E-state index contributed by atoms with van der Waals surface area (Å²) in [4.78, 5) is 1.08. The molecule has 2 aromatic rings. The second kappa shape index (κ2) is 4.67. The SMILES string of the molecule is COc1cc(-c2ccc(N)s2)c(OC)cc1C. The Morgan fingerprint density at radius 2 is 1.76 bits per heavy atom. The van der Waals surface area contributed by atoms with Crippen molar-refractivity contribution < 1.29 is 9.47 Å². The van der Waals surface area contributed by atoms with Gasteiger partial charge in [-0.1, -0.05) is 0 Å². The van der Waals surface area contributed by atoms with E-state index in [-0.39, 0.29) is 0 Å². The summed E-state index contributed by atoms with van der Waals surface area (Å²) in [5.74, 6) is 1.69. The van der Waals surface area contributed by atoms with Crippen molar-refractivity contribution in [3.8, 4) is 21.9 Å². The Morgan fingerprint density at radius 3 is 2.29 bits per heavy atom. The van der Waals surface area contributed by atoms with Gasteiger partial charge >= 0.3 is 0 Å². The van der Waals surface area contributed by atoms with Crippen LogP contribution in [-0.2, 0) is 0 Å². The van der Waals surface area contributed by atoms with E-state index in [0.29, 0.717) is 0 Å². The first-order valence-electron chi connectivity index (χ1n) is 5.24. The largest absolute Gasteiger partial charge is 0.496 e. The third-order valence-electron chi connectivity index (χ3n) is 2.61. The normalized spacial score (nSPS) is 10.3. The van der Waals surface area contributed by atoms with Gasteiger partial charge in [-0.3, -0.25) is 0 Å². The fraction of sp³-hybridized carbons (Fsp3) is 0.231. The minimum Gasteiger partial charge on any atom is -0.496 e. The van der Waals surface area contributed by atoms with Crippen LogP contribution in [0.5, 0.6) is 11.5 Å². The zero-order valence-corrected chi connectivity index (χ0v) is 10.9. The van der Waals surface area contributed by atoms with E-state index in [1.165, 1.54) is 11.3 Å². The van der Waals surface area contributed by atoms with Gasteiger partial charge in [-0.15, -0.1) is 11.3 Å². The molecule has 0 aliphatic rings. The predicted octanol–water partition coefficient (Wildman–Crippen LogP) is 3.32. The summed E-state index contributed by atoms with van der Waals surface area (Å²) < 4.78 is 10.7. The summed E-state index contributed by atoms with van der Waals surface area (Å²) in [6.07, 6.45) is 0. The summed E-state index contributed by atoms with van der Waals surface area (Å²) in [6.45, 7) is 1.99. The summed E-state index contributed by atoms with van der Waals surface area (Å²) in [6, 6.07) is 7.85. The highest BCUT2D eigenvalue weighted by Crippen LogP contribution is 2.39. The number of thiophene rings is 1. The fourth-order valence-electron chi connectivity index (χ4n) is 1.74. The molecule has 0 saturated heterocycles. The van der Waals surface area contributed by atoms with Gasteiger partial charge in [-0.2, -0.15) is 0 Å². The van der Waals surface area contributed by atoms with Crippen molar-refractivity contribution in [2.75, 3.05) is 20.0 Å². The maximum absolute atomic E-state index is 5.75. The van der Waals surface area contributed by atoms with Crippen molar-refractivity contribution in [1.82, 2.24) is 0 Å². The minimum absolute atomic E-state index is 0.793. The van der Waals surface area contributed by atoms with Crippen molar-refractivity contribution in [1.29, 1.82) is 0 Å². The molecular formula is C13H15NO2S. The van der Waals surface area contributed by atoms with Crippen LogP contribution >= 0.6 is 11.3 Å². The fourth-order valence-corrected chi connectivity index (χ4v) is 2.54. The molecule has 0 spiro atoms. The van der Waals surface area contributed by atoms with E-state index < -0.39 is 0 Å². The highest BCUT2D eigenvalue weighted by atomic mass is 32.1. The first-order chi connectivity index (χ1) is 8.15. The summed E-state index contributed by atoms with van der Waals surface area (Å²) in [5.41, 5.74) is 7.82. The summed E-state index contributed by atoms with van der Waals surface area (Å²) >= 11 is 1.54. The van der Waals surface area contributed by atoms with E-state index in [9.17, 15) is 0 Å². The van der Waals surface area contributed by atoms with Crippen molar-refractivity contribution in [3.63, 3.8) is 0 Å². The van der Waals surface area contributed by atoms with Crippen LogP contribution < -0.4 is 15.2 Å². The molecule has 2 rings (SSSR count). The molecule has 17 heavy (non-hydrogen) atoms. The molecule has 0 radical (unpaired) electrons. The molecule has 0 bridgehead atoms. The lowest BCUT2D eigenvalue weighted by molar-refractivity contribution is 0.402. The van der Waals surface area contributed by atoms with Crippen molar-refractivity contribution in [2.45, 2.75) is 6.92 Å². The monoisotopic (exact) mass is 249 g/mol. The molecule has 0 amide bonds. The topological polar surface area (TPSA) is 44.5 Å². The smallest absolute Gasteiger partial charge is 0.128 e. The number of rotatable bonds is 3. The lowest BCUT2D eigenvalue weighted by atomic mass is 10.1. The second-order valence-electron chi connectivity index (χ2n) is 3.72. The van der Waals surface area contributed by atoms with Crippen LogP contribution in [0.1, 0.15) is 5.56 Å². The van der Waals surface area contributed by atoms with Crippen LogP contribution in [0.4, 0.5) is 5.00 Å². The first kappa shape index (κ1) is 11.8. The number of nitrogens with two attached hydrogens (primary N) is 1. The van der Waals surface area contributed by atoms with Gasteiger partial charge in [0.15, 0.2) is 0 Å². The molecule has 1 heterocycles. The molecule has 90 valence electrons. The van der Waals surface area contributed by atoms with Crippen LogP contribution in [0, 0.1) is 6.92 Å². The van der Waals surface area contributed by atoms with E-state index in [4.69, 9.17) is 15.2 Å². The average Bonchev–Trinajstić information content (AvgIpc) is 2.75. The Labute approximate surface area is 105 Å². The number of aryl methyl sites for hydroxylation is 1. The molecule has 1 aromatic heterocycles. The molecule has 2 N–H and O–H groups in total. The summed E-state index contributed by atoms with van der Waals surface area (Å²) in [7, 11) is 3.34. The molecule has 0 aliphatic carbocycles. The Morgan fingerprint density at radius 1 is 1.06 bits per heavy atom. The number of nitrogen functional groups attached to an aromatic ring is 1. The molecule has 0 saturated carbocycles. The third-order valence-corrected chi connectivity index (χ3v) is 3.56. The number of hydrogen-bond acceptors (Lipinski definition) is 4. The maximum Gasteiger partial charge on any atom is 0.128 e. The highest BCUT2D eigenvalue weighted by molar-refractivity contribution is 7.19. The van der Waals surface area contributed by atoms with Crippen LogP contribution in [0.3, 0.4) is 0 Å². The van der Waals surface area contributed by atoms with Crippen LogP contribution in [0.25, 0.3) is 10.4 Å². The van der Waals surface area contributed by atoms with Crippen molar-refractivity contribution >= 4 is 16.3 Å². The van der Waals surface area contributed by atoms with Gasteiger partial charge in [0.05, 0.1) is 19.2 Å². The molecule has 0 fully saturated rings. The van der Waals surface area contributed by atoms with Crippen LogP contribution in [0.2, 0.25) is 0 Å². The molecule has 3 nitrogen and oxygen atoms in total. The average molecular weight is 249 g/mol. The van der Waals surface area contributed by atoms with Crippen LogP contribution in [-0.4, -0.2) is 14.2 Å². The molecule has 0 unspecified atom stereocenters. The lowest BCUT2D eigenvalue weighted by Gasteiger charge is -2.11. The minimum atomic E-state index is 0.793. The van der Waals surface area contributed by atoms with Gasteiger partial charge in [-0.25, -0.2) is 0 Å². The predicted molar refractivity (Wildman–Crippen MR) is 72.0 cm³/mol. The van der Waals surface area contributed by atoms with Gasteiger partial charge in [0.25, 0.3) is 0 Å². The third kappa shape index (κ3) is 2.22. The second-order valence-corrected chi connectivity index (χ2v) is 4.84. The van der Waals surface area contributed by atoms with E-state index in [2.05, 4.69) is 0 Å². The number of methoxy groups -OCH3 is 2. The Kier molecular flexibility index (Phi) is 3.24. The number of anilines is 1. The molecule has 4 heteroatoms. The first-order valence-corrected chi connectivity index (χ1v) is 6.05. The molecule has 1 aromatic carbocycles. The zero-order chi connectivity index (χ0) is 12.4.